The lowest BCUT2D eigenvalue weighted by Crippen LogP contribution is -2.44. The van der Waals surface area contributed by atoms with Crippen LogP contribution in [0.1, 0.15) is 50.8 Å². The van der Waals surface area contributed by atoms with Crippen LogP contribution in [-0.4, -0.2) is 43.0 Å². The lowest BCUT2D eigenvalue weighted by molar-refractivity contribution is -0.172. The first-order valence-electron chi connectivity index (χ1n) is 11.4. The molecular formula is C26H30N2O5S. The van der Waals surface area contributed by atoms with Crippen LogP contribution in [0.3, 0.4) is 0 Å². The molecule has 0 saturated heterocycles. The Labute approximate surface area is 199 Å². The van der Waals surface area contributed by atoms with Crippen molar-refractivity contribution in [1.29, 1.82) is 0 Å². The second-order valence-electron chi connectivity index (χ2n) is 10.5. The molecule has 7 nitrogen and oxygen atoms in total. The quantitative estimate of drug-likeness (QED) is 0.419. The summed E-state index contributed by atoms with van der Waals surface area (Å²) in [5.41, 5.74) is 1.48. The number of carbonyl (C=O) groups is 1. The van der Waals surface area contributed by atoms with Gasteiger partial charge in [0.05, 0.1) is 29.0 Å². The van der Waals surface area contributed by atoms with Crippen LogP contribution in [0.2, 0.25) is 0 Å². The van der Waals surface area contributed by atoms with Gasteiger partial charge in [0.25, 0.3) is 5.56 Å². The van der Waals surface area contributed by atoms with E-state index in [1.807, 2.05) is 0 Å². The van der Waals surface area contributed by atoms with Gasteiger partial charge in [-0.05, 0) is 47.9 Å². The number of phenols is 1. The zero-order chi connectivity index (χ0) is 24.8. The van der Waals surface area contributed by atoms with Gasteiger partial charge in [-0.2, -0.15) is 0 Å². The summed E-state index contributed by atoms with van der Waals surface area (Å²) in [6, 6.07) is 6.92. The van der Waals surface area contributed by atoms with E-state index in [0.29, 0.717) is 29.1 Å². The fourth-order valence-corrected chi connectivity index (χ4v) is 7.02. The third-order valence-corrected chi connectivity index (χ3v) is 12.2. The molecule has 5 rings (SSSR count). The Bertz CT molecular complexity index is 1450. The highest BCUT2D eigenvalue weighted by molar-refractivity contribution is 8.33. The van der Waals surface area contributed by atoms with Gasteiger partial charge in [-0.15, -0.1) is 0 Å². The molecule has 0 fully saturated rings. The predicted octanol–water partition coefficient (Wildman–Crippen LogP) is 4.01. The van der Waals surface area contributed by atoms with Crippen LogP contribution < -0.4 is 5.56 Å². The molecule has 0 spiro atoms. The van der Waals surface area contributed by atoms with E-state index in [4.69, 9.17) is 9.72 Å². The number of aromatic nitrogens is 2. The topological polar surface area (TPSA) is 102 Å². The van der Waals surface area contributed by atoms with E-state index in [9.17, 15) is 19.8 Å². The summed E-state index contributed by atoms with van der Waals surface area (Å²) in [6.45, 7) is 8.51. The van der Waals surface area contributed by atoms with Crippen LogP contribution in [0.15, 0.2) is 34.0 Å². The highest BCUT2D eigenvalue weighted by atomic mass is 32.3. The molecule has 0 unspecified atom stereocenters. The standard InChI is InChI=1S/C26H30N2O5S/c1-7-26(32)18-11-20-21-16(12-28(20)23(30)17(18)13-33-24(26)31)22(34(5,6)25(2,3)4)15-10-14(29)8-9-19(15)27-21/h8-11,29,32H,7,12-13H2,1-6H3/t26-/m0/s1. The Kier molecular flexibility index (Phi) is 4.78. The van der Waals surface area contributed by atoms with Crippen molar-refractivity contribution in [3.8, 4) is 17.1 Å². The smallest absolute Gasteiger partial charge is 0.343 e. The minimum absolute atomic E-state index is 0.0534. The number of pyridine rings is 2. The second kappa shape index (κ2) is 7.09. The van der Waals surface area contributed by atoms with Gasteiger partial charge in [0.15, 0.2) is 5.60 Å². The SMILES string of the molecule is CC[C@@]1(O)C(=O)OCc2c1cc1n(c2=O)Cc2c-1nc1ccc(O)cc1c2S(C)(C)C(C)(C)C. The van der Waals surface area contributed by atoms with Gasteiger partial charge in [-0.25, -0.2) is 19.8 Å². The number of cyclic esters (lactones) is 1. The zero-order valence-electron chi connectivity index (χ0n) is 20.4. The maximum absolute atomic E-state index is 13.6. The summed E-state index contributed by atoms with van der Waals surface area (Å²) >= 11 is 0. The van der Waals surface area contributed by atoms with Crippen molar-refractivity contribution in [3.05, 3.63) is 51.3 Å². The van der Waals surface area contributed by atoms with Gasteiger partial charge in [0.2, 0.25) is 0 Å². The molecule has 0 bridgehead atoms. The maximum atomic E-state index is 13.6. The van der Waals surface area contributed by atoms with Gasteiger partial charge in [0.1, 0.15) is 12.4 Å². The van der Waals surface area contributed by atoms with Crippen LogP contribution in [-0.2, 0) is 28.3 Å². The predicted molar refractivity (Wildman–Crippen MR) is 134 cm³/mol. The maximum Gasteiger partial charge on any atom is 0.343 e. The molecule has 4 heterocycles. The van der Waals surface area contributed by atoms with Gasteiger partial charge in [-0.1, -0.05) is 27.7 Å². The molecule has 2 aliphatic rings. The van der Waals surface area contributed by atoms with Crippen molar-refractivity contribution in [3.63, 3.8) is 0 Å². The van der Waals surface area contributed by atoms with Gasteiger partial charge in [0, 0.05) is 21.4 Å². The number of rotatable bonds is 2. The Morgan fingerprint density at radius 2 is 1.88 bits per heavy atom. The molecule has 2 aromatic heterocycles. The largest absolute Gasteiger partial charge is 0.508 e. The molecule has 1 aromatic carbocycles. The number of aliphatic hydroxyl groups is 1. The number of hydrogen-bond donors (Lipinski definition) is 2. The molecule has 34 heavy (non-hydrogen) atoms. The van der Waals surface area contributed by atoms with Crippen molar-refractivity contribution < 1.29 is 19.7 Å². The van der Waals surface area contributed by atoms with E-state index >= 15 is 0 Å². The van der Waals surface area contributed by atoms with Crippen molar-refractivity contribution in [2.24, 2.45) is 0 Å². The lowest BCUT2D eigenvalue weighted by atomic mass is 9.86. The fraction of sp³-hybridized carbons (Fsp3) is 0.423. The van der Waals surface area contributed by atoms with Gasteiger partial charge >= 0.3 is 5.97 Å². The zero-order valence-corrected chi connectivity index (χ0v) is 21.2. The number of benzene rings is 1. The fourth-order valence-electron chi connectivity index (χ4n) is 4.92. The molecule has 0 saturated carbocycles. The molecule has 2 aliphatic heterocycles. The molecule has 8 heteroatoms. The summed E-state index contributed by atoms with van der Waals surface area (Å²) in [5.74, 6) is -0.558. The van der Waals surface area contributed by atoms with E-state index in [0.717, 1.165) is 21.4 Å². The summed E-state index contributed by atoms with van der Waals surface area (Å²) in [6.07, 6.45) is 4.61. The van der Waals surface area contributed by atoms with Crippen LogP contribution >= 0.6 is 10.0 Å². The van der Waals surface area contributed by atoms with Gasteiger partial charge < -0.3 is 19.5 Å². The summed E-state index contributed by atoms with van der Waals surface area (Å²) in [5, 5.41) is 22.3. The minimum atomic E-state index is -1.85. The Balaban J connectivity index is 1.88. The second-order valence-corrected chi connectivity index (χ2v) is 14.8. The number of hydrogen-bond acceptors (Lipinski definition) is 6. The first-order chi connectivity index (χ1) is 15.8. The van der Waals surface area contributed by atoms with Crippen LogP contribution in [0.25, 0.3) is 22.3 Å². The molecule has 0 radical (unpaired) electrons. The number of carbonyl (C=O) groups excluding carboxylic acids is 1. The van der Waals surface area contributed by atoms with Crippen LogP contribution in [0.4, 0.5) is 0 Å². The van der Waals surface area contributed by atoms with Crippen LogP contribution in [0.5, 0.6) is 5.75 Å². The molecule has 2 N–H and O–H groups in total. The number of ether oxygens (including phenoxy) is 1. The van der Waals surface area contributed by atoms with E-state index in [-0.39, 0.29) is 29.1 Å². The Morgan fingerprint density at radius 3 is 2.53 bits per heavy atom. The Hall–Kier alpha value is -2.84. The number of esters is 1. The average Bonchev–Trinajstić information content (AvgIpc) is 3.12. The third kappa shape index (κ3) is 2.91. The summed E-state index contributed by atoms with van der Waals surface area (Å²) < 4.78 is 6.81. The first-order valence-corrected chi connectivity index (χ1v) is 13.8. The average molecular weight is 483 g/mol. The molecule has 0 aliphatic carbocycles. The summed E-state index contributed by atoms with van der Waals surface area (Å²) in [4.78, 5) is 32.1. The van der Waals surface area contributed by atoms with Crippen molar-refractivity contribution in [2.75, 3.05) is 12.5 Å². The lowest BCUT2D eigenvalue weighted by Gasteiger charge is -2.46. The monoisotopic (exact) mass is 482 g/mol. The van der Waals surface area contributed by atoms with Crippen molar-refractivity contribution >= 4 is 26.9 Å². The molecular weight excluding hydrogens is 452 g/mol. The third-order valence-electron chi connectivity index (χ3n) is 7.66. The van der Waals surface area contributed by atoms with Gasteiger partial charge in [-0.3, -0.25) is 4.79 Å². The normalized spacial score (nSPS) is 20.0. The van der Waals surface area contributed by atoms with E-state index in [1.54, 1.807) is 35.8 Å². The van der Waals surface area contributed by atoms with Crippen molar-refractivity contribution in [2.45, 2.75) is 62.5 Å². The first kappa shape index (κ1) is 22.9. The highest BCUT2D eigenvalue weighted by Crippen LogP contribution is 2.63. The minimum Gasteiger partial charge on any atom is -0.508 e. The molecule has 0 amide bonds. The molecule has 1 atom stereocenters. The van der Waals surface area contributed by atoms with Crippen molar-refractivity contribution in [1.82, 2.24) is 9.55 Å². The number of nitrogens with zero attached hydrogens (tertiary/aromatic N) is 2. The van der Waals surface area contributed by atoms with Crippen LogP contribution in [0, 0.1) is 0 Å². The van der Waals surface area contributed by atoms with E-state index in [1.165, 1.54) is 0 Å². The summed E-state index contributed by atoms with van der Waals surface area (Å²) in [7, 11) is -1.43. The van der Waals surface area contributed by atoms with E-state index < -0.39 is 21.6 Å². The molecule has 3 aromatic rings. The highest BCUT2D eigenvalue weighted by Gasteiger charge is 2.46. The van der Waals surface area contributed by atoms with E-state index in [2.05, 4.69) is 33.3 Å². The number of aromatic hydroxyl groups is 1. The number of fused-ring (bicyclic) bond motifs is 5. The molecule has 180 valence electrons. The number of phenolic OH excluding ortho intramolecular Hbond substituents is 1. The Morgan fingerprint density at radius 1 is 1.18 bits per heavy atom.